The zero-order valence-electron chi connectivity index (χ0n) is 14.5. The number of aromatic nitrogens is 5. The van der Waals surface area contributed by atoms with Gasteiger partial charge in [0, 0.05) is 24.5 Å². The molecule has 0 saturated heterocycles. The number of pyridine rings is 1. The van der Waals surface area contributed by atoms with Crippen molar-refractivity contribution in [3.8, 4) is 11.3 Å². The summed E-state index contributed by atoms with van der Waals surface area (Å²) in [7, 11) is 1.99. The van der Waals surface area contributed by atoms with E-state index in [0.29, 0.717) is 5.82 Å². The standard InChI is InChI=1S/C20H19N5/c1-14-9-10-15(2)25-20(14)22-18(23-25)11-12-19-21-17(13-24(19)3)16-7-5-4-6-8-16/h4-13H,1-3H3. The first-order valence-corrected chi connectivity index (χ1v) is 8.21. The summed E-state index contributed by atoms with van der Waals surface area (Å²) in [5, 5.41) is 4.56. The van der Waals surface area contributed by atoms with Crippen molar-refractivity contribution < 1.29 is 0 Å². The Labute approximate surface area is 146 Å². The van der Waals surface area contributed by atoms with E-state index in [4.69, 9.17) is 4.98 Å². The minimum absolute atomic E-state index is 0.682. The second-order valence-electron chi connectivity index (χ2n) is 6.16. The molecule has 0 spiro atoms. The molecule has 5 nitrogen and oxygen atoms in total. The van der Waals surface area contributed by atoms with Gasteiger partial charge in [0.2, 0.25) is 0 Å². The van der Waals surface area contributed by atoms with E-state index in [1.54, 1.807) is 0 Å². The van der Waals surface area contributed by atoms with E-state index < -0.39 is 0 Å². The predicted octanol–water partition coefficient (Wildman–Crippen LogP) is 3.92. The van der Waals surface area contributed by atoms with Crippen LogP contribution in [-0.4, -0.2) is 24.1 Å². The molecule has 0 fully saturated rings. The van der Waals surface area contributed by atoms with E-state index in [1.807, 2.05) is 66.5 Å². The lowest BCUT2D eigenvalue weighted by Crippen LogP contribution is -1.94. The monoisotopic (exact) mass is 329 g/mol. The van der Waals surface area contributed by atoms with Crippen molar-refractivity contribution in [1.82, 2.24) is 24.1 Å². The first-order valence-electron chi connectivity index (χ1n) is 8.21. The lowest BCUT2D eigenvalue weighted by atomic mass is 10.2. The highest BCUT2D eigenvalue weighted by molar-refractivity contribution is 5.67. The lowest BCUT2D eigenvalue weighted by Gasteiger charge is -1.98. The third kappa shape index (κ3) is 2.85. The molecule has 0 aliphatic heterocycles. The maximum absolute atomic E-state index is 4.70. The Morgan fingerprint density at radius 1 is 0.920 bits per heavy atom. The number of hydrogen-bond acceptors (Lipinski definition) is 3. The average molecular weight is 329 g/mol. The van der Waals surface area contributed by atoms with Gasteiger partial charge in [-0.15, -0.1) is 5.10 Å². The Balaban J connectivity index is 1.68. The highest BCUT2D eigenvalue weighted by Crippen LogP contribution is 2.19. The van der Waals surface area contributed by atoms with Crippen molar-refractivity contribution >= 4 is 17.8 Å². The van der Waals surface area contributed by atoms with E-state index in [0.717, 1.165) is 34.0 Å². The van der Waals surface area contributed by atoms with Crippen molar-refractivity contribution in [2.45, 2.75) is 13.8 Å². The van der Waals surface area contributed by atoms with Gasteiger partial charge in [-0.25, -0.2) is 14.5 Å². The van der Waals surface area contributed by atoms with Crippen LogP contribution in [0, 0.1) is 13.8 Å². The van der Waals surface area contributed by atoms with E-state index in [9.17, 15) is 0 Å². The van der Waals surface area contributed by atoms with Gasteiger partial charge in [-0.05, 0) is 37.6 Å². The molecule has 4 rings (SSSR count). The van der Waals surface area contributed by atoms with Crippen LogP contribution in [0.15, 0.2) is 48.7 Å². The maximum atomic E-state index is 4.70. The summed E-state index contributed by atoms with van der Waals surface area (Å²) in [5.41, 5.74) is 5.13. The van der Waals surface area contributed by atoms with Crippen LogP contribution < -0.4 is 0 Å². The van der Waals surface area contributed by atoms with Gasteiger partial charge in [-0.2, -0.15) is 0 Å². The summed E-state index contributed by atoms with van der Waals surface area (Å²) in [5.74, 6) is 1.55. The summed E-state index contributed by atoms with van der Waals surface area (Å²) in [4.78, 5) is 9.31. The summed E-state index contributed by atoms with van der Waals surface area (Å²) in [6.45, 7) is 4.07. The number of hydrogen-bond donors (Lipinski definition) is 0. The molecule has 0 N–H and O–H groups in total. The largest absolute Gasteiger partial charge is 0.334 e. The summed E-state index contributed by atoms with van der Waals surface area (Å²) in [6, 6.07) is 14.3. The number of benzene rings is 1. The minimum Gasteiger partial charge on any atom is -0.334 e. The van der Waals surface area contributed by atoms with Gasteiger partial charge in [0.1, 0.15) is 5.82 Å². The van der Waals surface area contributed by atoms with Crippen LogP contribution in [0.4, 0.5) is 0 Å². The molecule has 124 valence electrons. The van der Waals surface area contributed by atoms with Crippen LogP contribution in [0.1, 0.15) is 22.9 Å². The Kier molecular flexibility index (Phi) is 3.69. The first-order chi connectivity index (χ1) is 12.1. The quantitative estimate of drug-likeness (QED) is 0.572. The molecule has 0 amide bonds. The van der Waals surface area contributed by atoms with Crippen molar-refractivity contribution in [3.05, 3.63) is 71.6 Å². The average Bonchev–Trinajstić information content (AvgIpc) is 3.22. The van der Waals surface area contributed by atoms with Gasteiger partial charge in [-0.3, -0.25) is 0 Å². The fourth-order valence-corrected chi connectivity index (χ4v) is 2.82. The zero-order valence-corrected chi connectivity index (χ0v) is 14.5. The Morgan fingerprint density at radius 2 is 1.72 bits per heavy atom. The van der Waals surface area contributed by atoms with Gasteiger partial charge in [0.25, 0.3) is 0 Å². The van der Waals surface area contributed by atoms with Gasteiger partial charge < -0.3 is 4.57 Å². The van der Waals surface area contributed by atoms with Crippen LogP contribution in [0.2, 0.25) is 0 Å². The van der Waals surface area contributed by atoms with Crippen molar-refractivity contribution in [1.29, 1.82) is 0 Å². The van der Waals surface area contributed by atoms with E-state index in [1.165, 1.54) is 0 Å². The smallest absolute Gasteiger partial charge is 0.175 e. The highest BCUT2D eigenvalue weighted by Gasteiger charge is 2.07. The fraction of sp³-hybridized carbons (Fsp3) is 0.150. The minimum atomic E-state index is 0.682. The topological polar surface area (TPSA) is 48.0 Å². The van der Waals surface area contributed by atoms with Gasteiger partial charge in [0.05, 0.1) is 5.69 Å². The molecule has 0 aliphatic rings. The van der Waals surface area contributed by atoms with Crippen molar-refractivity contribution in [2.75, 3.05) is 0 Å². The van der Waals surface area contributed by atoms with Gasteiger partial charge >= 0.3 is 0 Å². The molecule has 0 saturated carbocycles. The molecular formula is C20H19N5. The molecule has 0 aliphatic carbocycles. The van der Waals surface area contributed by atoms with E-state index >= 15 is 0 Å². The zero-order chi connectivity index (χ0) is 17.4. The van der Waals surface area contributed by atoms with E-state index in [-0.39, 0.29) is 0 Å². The Hall–Kier alpha value is -3.21. The molecule has 1 aromatic carbocycles. The van der Waals surface area contributed by atoms with Gasteiger partial charge in [-0.1, -0.05) is 36.4 Å². The molecule has 0 atom stereocenters. The fourth-order valence-electron chi connectivity index (χ4n) is 2.82. The van der Waals surface area contributed by atoms with Crippen LogP contribution in [0.25, 0.3) is 29.1 Å². The third-order valence-electron chi connectivity index (χ3n) is 4.25. The molecule has 25 heavy (non-hydrogen) atoms. The van der Waals surface area contributed by atoms with Crippen LogP contribution in [0.3, 0.4) is 0 Å². The lowest BCUT2D eigenvalue weighted by molar-refractivity contribution is 0.896. The number of fused-ring (bicyclic) bond motifs is 1. The van der Waals surface area contributed by atoms with Crippen LogP contribution in [-0.2, 0) is 7.05 Å². The first kappa shape index (κ1) is 15.3. The number of nitrogens with zero attached hydrogens (tertiary/aromatic N) is 5. The second kappa shape index (κ2) is 6.02. The third-order valence-corrected chi connectivity index (χ3v) is 4.25. The number of aryl methyl sites for hydroxylation is 3. The van der Waals surface area contributed by atoms with E-state index in [2.05, 4.69) is 34.3 Å². The molecule has 5 heteroatoms. The highest BCUT2D eigenvalue weighted by atomic mass is 15.3. The van der Waals surface area contributed by atoms with Crippen LogP contribution in [0.5, 0.6) is 0 Å². The predicted molar refractivity (Wildman–Crippen MR) is 100 cm³/mol. The van der Waals surface area contributed by atoms with Crippen LogP contribution >= 0.6 is 0 Å². The summed E-state index contributed by atoms with van der Waals surface area (Å²) >= 11 is 0. The normalized spacial score (nSPS) is 11.6. The molecule has 0 bridgehead atoms. The van der Waals surface area contributed by atoms with Gasteiger partial charge in [0.15, 0.2) is 11.5 Å². The van der Waals surface area contributed by atoms with Crippen molar-refractivity contribution in [3.63, 3.8) is 0 Å². The summed E-state index contributed by atoms with van der Waals surface area (Å²) < 4.78 is 3.88. The Bertz CT molecular complexity index is 1030. The molecular weight excluding hydrogens is 310 g/mol. The van der Waals surface area contributed by atoms with Crippen molar-refractivity contribution in [2.24, 2.45) is 7.05 Å². The molecule has 4 aromatic rings. The maximum Gasteiger partial charge on any atom is 0.175 e. The SMILES string of the molecule is Cc1ccc(C)n2nc(C=Cc3nc(-c4ccccc4)cn3C)nc12. The molecule has 0 unspecified atom stereocenters. The number of imidazole rings is 1. The molecule has 3 heterocycles. The molecule has 3 aromatic heterocycles. The second-order valence-corrected chi connectivity index (χ2v) is 6.16. The Morgan fingerprint density at radius 3 is 2.48 bits per heavy atom. The summed E-state index contributed by atoms with van der Waals surface area (Å²) in [6.07, 6.45) is 5.88. The number of rotatable bonds is 3. The molecule has 0 radical (unpaired) electrons.